The summed E-state index contributed by atoms with van der Waals surface area (Å²) in [7, 11) is 0. The number of rotatable bonds is 3. The number of nitrogen functional groups attached to an aromatic ring is 1. The van der Waals surface area contributed by atoms with Crippen molar-refractivity contribution >= 4 is 22.6 Å². The number of nitrogens with two attached hydrogens (primary N) is 1. The Labute approximate surface area is 123 Å². The maximum atomic E-state index is 13.4. The number of hydrogen-bond acceptors (Lipinski definition) is 4. The average Bonchev–Trinajstić information content (AvgIpc) is 2.81. The number of carbonyl (C=O) groups excluding carboxylic acids is 1. The molecule has 0 radical (unpaired) electrons. The molecule has 3 N–H and O–H groups in total. The quantitative estimate of drug-likeness (QED) is 0.721. The Morgan fingerprint density at radius 1 is 1.27 bits per heavy atom. The third-order valence-corrected chi connectivity index (χ3v) is 3.14. The summed E-state index contributed by atoms with van der Waals surface area (Å²) in [5, 5.41) is 0. The topological polar surface area (TPSA) is 90.1 Å². The number of imidazole rings is 1. The monoisotopic (exact) mass is 301 g/mol. The zero-order valence-corrected chi connectivity index (χ0v) is 11.4. The summed E-state index contributed by atoms with van der Waals surface area (Å²) >= 11 is 0. The van der Waals surface area contributed by atoms with Crippen LogP contribution >= 0.6 is 0 Å². The smallest absolute Gasteiger partial charge is 0.333 e. The number of hydrogen-bond donors (Lipinski definition) is 2. The second-order valence-corrected chi connectivity index (χ2v) is 4.65. The molecule has 1 heterocycles. The van der Waals surface area contributed by atoms with E-state index < -0.39 is 24.0 Å². The molecule has 3 rings (SSSR count). The van der Waals surface area contributed by atoms with Gasteiger partial charge in [-0.05, 0) is 30.3 Å². The van der Waals surface area contributed by atoms with Gasteiger partial charge in [0.05, 0.1) is 11.0 Å². The van der Waals surface area contributed by atoms with Crippen molar-refractivity contribution in [2.24, 2.45) is 0 Å². The second-order valence-electron chi connectivity index (χ2n) is 4.65. The average molecular weight is 301 g/mol. The van der Waals surface area contributed by atoms with Crippen LogP contribution in [0.25, 0.3) is 11.0 Å². The lowest BCUT2D eigenvalue weighted by Crippen LogP contribution is -2.28. The zero-order chi connectivity index (χ0) is 15.7. The summed E-state index contributed by atoms with van der Waals surface area (Å²) in [6, 6.07) is 10.4. The largest absolute Gasteiger partial charge is 0.481 e. The van der Waals surface area contributed by atoms with Gasteiger partial charge in [-0.15, -0.1) is 0 Å². The first-order valence-electron chi connectivity index (χ1n) is 6.47. The summed E-state index contributed by atoms with van der Waals surface area (Å²) in [6.45, 7) is -0.460. The van der Waals surface area contributed by atoms with Crippen molar-refractivity contribution in [2.75, 3.05) is 12.3 Å². The lowest BCUT2D eigenvalue weighted by atomic mass is 10.3. The Morgan fingerprint density at radius 2 is 2.05 bits per heavy atom. The minimum Gasteiger partial charge on any atom is -0.481 e. The van der Waals surface area contributed by atoms with Gasteiger partial charge in [0.1, 0.15) is 0 Å². The molecule has 7 heteroatoms. The molecule has 0 saturated carbocycles. The van der Waals surface area contributed by atoms with Gasteiger partial charge in [-0.25, -0.2) is 13.8 Å². The number of H-pyrrole nitrogens is 1. The van der Waals surface area contributed by atoms with Crippen LogP contribution in [0.2, 0.25) is 0 Å². The van der Waals surface area contributed by atoms with Crippen LogP contribution in [0.15, 0.2) is 47.3 Å². The predicted octanol–water partition coefficient (Wildman–Crippen LogP) is 1.77. The molecule has 0 spiro atoms. The van der Waals surface area contributed by atoms with Crippen LogP contribution in [-0.4, -0.2) is 22.1 Å². The molecule has 3 aromatic rings. The molecule has 0 saturated heterocycles. The molecule has 0 fully saturated rings. The maximum absolute atomic E-state index is 13.4. The Morgan fingerprint density at radius 3 is 2.82 bits per heavy atom. The fraction of sp³-hybridized carbons (Fsp3) is 0.0667. The molecule has 0 aliphatic rings. The maximum Gasteiger partial charge on any atom is 0.333 e. The van der Waals surface area contributed by atoms with E-state index in [1.54, 1.807) is 24.3 Å². The van der Waals surface area contributed by atoms with Gasteiger partial charge in [0, 0.05) is 5.69 Å². The lowest BCUT2D eigenvalue weighted by molar-refractivity contribution is 0.0836. The summed E-state index contributed by atoms with van der Waals surface area (Å²) in [5.41, 5.74) is 6.34. The number of benzene rings is 2. The first kappa shape index (κ1) is 13.9. The number of halogens is 1. The molecule has 0 unspecified atom stereocenters. The van der Waals surface area contributed by atoms with E-state index in [-0.39, 0.29) is 5.75 Å². The molecule has 22 heavy (non-hydrogen) atoms. The van der Waals surface area contributed by atoms with Gasteiger partial charge in [0.2, 0.25) is 0 Å². The number of nitrogens with one attached hydrogen (secondary N) is 1. The van der Waals surface area contributed by atoms with E-state index >= 15 is 0 Å². The van der Waals surface area contributed by atoms with E-state index in [4.69, 9.17) is 10.5 Å². The molecular weight excluding hydrogens is 289 g/mol. The first-order valence-corrected chi connectivity index (χ1v) is 6.47. The molecule has 0 bridgehead atoms. The van der Waals surface area contributed by atoms with Gasteiger partial charge in [0.25, 0.3) is 5.91 Å². The SMILES string of the molecule is Nc1ccc2c(c1)[nH]c(=O)n2C(=O)COc1ccccc1F. The standard InChI is InChI=1S/C15H12FN3O3/c16-10-3-1-2-4-13(10)22-8-14(20)19-12-6-5-9(17)7-11(12)18-15(19)21/h1-7H,8,17H2,(H,18,21). The molecular formula is C15H12FN3O3. The molecule has 6 nitrogen and oxygen atoms in total. The summed E-state index contributed by atoms with van der Waals surface area (Å²) in [4.78, 5) is 26.6. The van der Waals surface area contributed by atoms with E-state index in [1.807, 2.05) is 0 Å². The Bertz CT molecular complexity index is 914. The second kappa shape index (κ2) is 5.36. The number of aromatic amines is 1. The summed E-state index contributed by atoms with van der Waals surface area (Å²) in [6.07, 6.45) is 0. The van der Waals surface area contributed by atoms with Crippen LogP contribution in [0.5, 0.6) is 5.75 Å². The minimum atomic E-state index is -0.607. The van der Waals surface area contributed by atoms with E-state index in [0.717, 1.165) is 4.57 Å². The van der Waals surface area contributed by atoms with Crippen molar-refractivity contribution in [3.05, 3.63) is 58.8 Å². The third-order valence-electron chi connectivity index (χ3n) is 3.14. The van der Waals surface area contributed by atoms with Gasteiger partial charge >= 0.3 is 5.69 Å². The normalized spacial score (nSPS) is 10.8. The predicted molar refractivity (Wildman–Crippen MR) is 79.5 cm³/mol. The van der Waals surface area contributed by atoms with Crippen molar-refractivity contribution < 1.29 is 13.9 Å². The third kappa shape index (κ3) is 2.44. The van der Waals surface area contributed by atoms with Crippen molar-refractivity contribution in [2.45, 2.75) is 0 Å². The Kier molecular flexibility index (Phi) is 3.38. The number of fused-ring (bicyclic) bond motifs is 1. The number of nitrogens with zero attached hydrogens (tertiary/aromatic N) is 1. The summed E-state index contributed by atoms with van der Waals surface area (Å²) in [5.74, 6) is -1.23. The minimum absolute atomic E-state index is 0.0482. The van der Waals surface area contributed by atoms with Crippen molar-refractivity contribution in [1.82, 2.24) is 9.55 Å². The van der Waals surface area contributed by atoms with E-state index in [1.165, 1.54) is 18.2 Å². The number of carbonyl (C=O) groups is 1. The number of aromatic nitrogens is 2. The highest BCUT2D eigenvalue weighted by Gasteiger charge is 2.15. The van der Waals surface area contributed by atoms with Crippen LogP contribution in [0.3, 0.4) is 0 Å². The van der Waals surface area contributed by atoms with E-state index in [9.17, 15) is 14.0 Å². The van der Waals surface area contributed by atoms with Crippen molar-refractivity contribution in [1.29, 1.82) is 0 Å². The van der Waals surface area contributed by atoms with Crippen molar-refractivity contribution in [3.8, 4) is 5.75 Å². The number of ether oxygens (including phenoxy) is 1. The van der Waals surface area contributed by atoms with Crippen LogP contribution < -0.4 is 16.2 Å². The van der Waals surface area contributed by atoms with Crippen molar-refractivity contribution in [3.63, 3.8) is 0 Å². The fourth-order valence-electron chi connectivity index (χ4n) is 2.14. The molecule has 0 amide bonds. The molecule has 1 aromatic heterocycles. The van der Waals surface area contributed by atoms with Crippen LogP contribution in [0.4, 0.5) is 10.1 Å². The van der Waals surface area contributed by atoms with Gasteiger partial charge < -0.3 is 15.5 Å². The van der Waals surface area contributed by atoms with E-state index in [0.29, 0.717) is 16.7 Å². The highest BCUT2D eigenvalue weighted by Crippen LogP contribution is 2.16. The van der Waals surface area contributed by atoms with Gasteiger partial charge in [-0.3, -0.25) is 4.79 Å². The van der Waals surface area contributed by atoms with E-state index in [2.05, 4.69) is 4.98 Å². The number of para-hydroxylation sites is 1. The Hall–Kier alpha value is -3.09. The highest BCUT2D eigenvalue weighted by molar-refractivity contribution is 5.91. The van der Waals surface area contributed by atoms with Gasteiger partial charge in [0.15, 0.2) is 18.2 Å². The molecule has 2 aromatic carbocycles. The first-order chi connectivity index (χ1) is 10.6. The molecule has 0 aliphatic carbocycles. The number of anilines is 1. The molecule has 0 atom stereocenters. The zero-order valence-electron chi connectivity index (χ0n) is 11.4. The summed E-state index contributed by atoms with van der Waals surface area (Å²) < 4.78 is 19.5. The molecule has 112 valence electrons. The van der Waals surface area contributed by atoms with Crippen LogP contribution in [-0.2, 0) is 0 Å². The Balaban J connectivity index is 1.88. The van der Waals surface area contributed by atoms with Crippen LogP contribution in [0, 0.1) is 5.82 Å². The van der Waals surface area contributed by atoms with Gasteiger partial charge in [-0.1, -0.05) is 12.1 Å². The fourth-order valence-corrected chi connectivity index (χ4v) is 2.14. The molecule has 0 aliphatic heterocycles. The van der Waals surface area contributed by atoms with Gasteiger partial charge in [-0.2, -0.15) is 0 Å². The van der Waals surface area contributed by atoms with Crippen LogP contribution in [0.1, 0.15) is 4.79 Å². The highest BCUT2D eigenvalue weighted by atomic mass is 19.1. The lowest BCUT2D eigenvalue weighted by Gasteiger charge is -2.06.